The summed E-state index contributed by atoms with van der Waals surface area (Å²) in [6, 6.07) is 6.05. The van der Waals surface area contributed by atoms with Crippen LogP contribution < -0.4 is 10.3 Å². The van der Waals surface area contributed by atoms with E-state index in [1.54, 1.807) is 26.1 Å². The molecule has 0 aliphatic carbocycles. The van der Waals surface area contributed by atoms with Gasteiger partial charge in [-0.25, -0.2) is 23.5 Å². The maximum atomic E-state index is 13.4. The molecule has 2 N–H and O–H groups in total. The van der Waals surface area contributed by atoms with Crippen LogP contribution in [0.1, 0.15) is 25.5 Å². The van der Waals surface area contributed by atoms with Crippen molar-refractivity contribution >= 4 is 39.7 Å². The Morgan fingerprint density at radius 2 is 1.94 bits per heavy atom. The number of nitrogens with zero attached hydrogens (tertiary/aromatic N) is 5. The van der Waals surface area contributed by atoms with Gasteiger partial charge in [-0.3, -0.25) is 0 Å². The lowest BCUT2D eigenvalue weighted by molar-refractivity contribution is -0.671. The Kier molecular flexibility index (Phi) is 8.28. The number of hydrogen-bond donors (Lipinski definition) is 1. The Morgan fingerprint density at radius 3 is 2.54 bits per heavy atom. The number of imidazole rings is 1. The summed E-state index contributed by atoms with van der Waals surface area (Å²) in [7, 11) is 3.47. The second-order valence-corrected chi connectivity index (χ2v) is 8.96. The van der Waals surface area contributed by atoms with Crippen LogP contribution in [0.5, 0.6) is 0 Å². The Morgan fingerprint density at radius 1 is 1.26 bits per heavy atom. The van der Waals surface area contributed by atoms with Crippen LogP contribution >= 0.6 is 15.9 Å². The van der Waals surface area contributed by atoms with Crippen LogP contribution in [-0.2, 0) is 32.8 Å². The van der Waals surface area contributed by atoms with Gasteiger partial charge in [0.1, 0.15) is 25.5 Å². The van der Waals surface area contributed by atoms with E-state index in [-0.39, 0.29) is 19.0 Å². The summed E-state index contributed by atoms with van der Waals surface area (Å²) < 4.78 is 10.3. The number of aryl methyl sites for hydroxylation is 1. The Balaban J connectivity index is 1.94. The molecule has 0 radical (unpaired) electrons. The van der Waals surface area contributed by atoms with Crippen LogP contribution in [0, 0.1) is 0 Å². The van der Waals surface area contributed by atoms with Crippen molar-refractivity contribution in [2.75, 3.05) is 20.2 Å². The average molecular weight is 548 g/mol. The van der Waals surface area contributed by atoms with Crippen LogP contribution in [0.3, 0.4) is 0 Å². The Hall–Kier alpha value is -3.67. The molecule has 0 saturated heterocycles. The molecule has 186 valence electrons. The number of carbonyl (C=O) groups excluding carboxylic acids is 3. The summed E-state index contributed by atoms with van der Waals surface area (Å²) in [5.41, 5.74) is 7.39. The smallest absolute Gasteiger partial charge is 0.338 e. The lowest BCUT2D eigenvalue weighted by Gasteiger charge is -2.41. The highest BCUT2D eigenvalue weighted by atomic mass is 79.9. The minimum atomic E-state index is -0.797. The van der Waals surface area contributed by atoms with E-state index < -0.39 is 24.0 Å². The van der Waals surface area contributed by atoms with E-state index >= 15 is 0 Å². The average Bonchev–Trinajstić information content (AvgIpc) is 3.23. The normalized spacial score (nSPS) is 16.5. The first-order valence-corrected chi connectivity index (χ1v) is 11.6. The molecule has 1 aromatic carbocycles. The van der Waals surface area contributed by atoms with Gasteiger partial charge >= 0.3 is 18.0 Å². The number of rotatable bonds is 8. The Labute approximate surface area is 211 Å². The number of allylic oxidation sites excluding steroid dienone is 1. The van der Waals surface area contributed by atoms with Gasteiger partial charge < -0.3 is 25.1 Å². The SMILES string of the molecule is CC(=O)O/N=C(\N)CN1C(=O)N(C)C(C)=C(C(=O)OCCn2cc[n+](C)c2)C1c1ccc(Br)cc1. The van der Waals surface area contributed by atoms with Gasteiger partial charge in [0, 0.05) is 24.1 Å². The minimum absolute atomic E-state index is 0.100. The summed E-state index contributed by atoms with van der Waals surface area (Å²) in [6.07, 6.45) is 5.64. The second-order valence-electron chi connectivity index (χ2n) is 8.04. The summed E-state index contributed by atoms with van der Waals surface area (Å²) in [4.78, 5) is 45.1. The maximum Gasteiger partial charge on any atom is 0.338 e. The molecule has 12 heteroatoms. The molecule has 3 rings (SSSR count). The number of amidine groups is 1. The van der Waals surface area contributed by atoms with Gasteiger partial charge in [0.2, 0.25) is 6.33 Å². The third-order valence-corrected chi connectivity index (χ3v) is 5.98. The van der Waals surface area contributed by atoms with Gasteiger partial charge in [-0.15, -0.1) is 0 Å². The summed E-state index contributed by atoms with van der Waals surface area (Å²) in [5, 5.41) is 3.58. The zero-order chi connectivity index (χ0) is 25.7. The lowest BCUT2D eigenvalue weighted by atomic mass is 9.93. The molecule has 1 aliphatic heterocycles. The molecule has 0 bridgehead atoms. The number of carbonyl (C=O) groups is 3. The van der Waals surface area contributed by atoms with E-state index in [1.165, 1.54) is 16.7 Å². The topological polar surface area (TPSA) is 123 Å². The molecule has 11 nitrogen and oxygen atoms in total. The van der Waals surface area contributed by atoms with Crippen LogP contribution in [-0.4, -0.2) is 58.4 Å². The second kappa shape index (κ2) is 11.2. The van der Waals surface area contributed by atoms with Crippen LogP contribution in [0.4, 0.5) is 4.79 Å². The van der Waals surface area contributed by atoms with E-state index in [2.05, 4.69) is 25.9 Å². The number of aromatic nitrogens is 2. The molecule has 2 heterocycles. The molecule has 1 unspecified atom stereocenters. The highest BCUT2D eigenvalue weighted by molar-refractivity contribution is 9.10. The van der Waals surface area contributed by atoms with Gasteiger partial charge in [0.15, 0.2) is 5.84 Å². The third-order valence-electron chi connectivity index (χ3n) is 5.45. The van der Waals surface area contributed by atoms with Gasteiger partial charge in [-0.1, -0.05) is 33.2 Å². The summed E-state index contributed by atoms with van der Waals surface area (Å²) >= 11 is 3.41. The molecular formula is C23H28BrN6O5+. The van der Waals surface area contributed by atoms with Crippen molar-refractivity contribution in [3.8, 4) is 0 Å². The van der Waals surface area contributed by atoms with Crippen LogP contribution in [0.2, 0.25) is 0 Å². The molecule has 0 fully saturated rings. The quantitative estimate of drug-likeness (QED) is 0.134. The van der Waals surface area contributed by atoms with E-state index in [0.29, 0.717) is 23.4 Å². The largest absolute Gasteiger partial charge is 0.458 e. The fraction of sp³-hybridized carbons (Fsp3) is 0.348. The highest BCUT2D eigenvalue weighted by Gasteiger charge is 2.41. The van der Waals surface area contributed by atoms with E-state index in [4.69, 9.17) is 10.5 Å². The van der Waals surface area contributed by atoms with Gasteiger partial charge in [0.05, 0.1) is 25.2 Å². The number of benzene rings is 1. The fourth-order valence-electron chi connectivity index (χ4n) is 3.67. The zero-order valence-electron chi connectivity index (χ0n) is 20.0. The number of urea groups is 1. The molecule has 2 aromatic rings. The molecule has 1 atom stereocenters. The summed E-state index contributed by atoms with van der Waals surface area (Å²) in [6.45, 7) is 3.32. The standard InChI is InChI=1S/C23H28BrN6O5/c1-15-20(22(32)34-12-11-29-10-9-27(3)14-29)21(17-5-7-18(24)8-6-17)30(23(33)28(15)4)13-19(25)26-35-16(2)31/h5-10,14,21H,11-13H2,1-4H3,(H2,25,26)/q+1. The Bertz CT molecular complexity index is 1170. The van der Waals surface area contributed by atoms with Crippen molar-refractivity contribution < 1.29 is 28.5 Å². The number of esters is 1. The number of ether oxygens (including phenoxy) is 1. The number of nitrogens with two attached hydrogens (primary N) is 1. The monoisotopic (exact) mass is 547 g/mol. The van der Waals surface area contributed by atoms with Gasteiger partial charge in [-0.05, 0) is 24.6 Å². The van der Waals surface area contributed by atoms with Crippen LogP contribution in [0.15, 0.2) is 63.9 Å². The van der Waals surface area contributed by atoms with Crippen LogP contribution in [0.25, 0.3) is 0 Å². The molecular weight excluding hydrogens is 520 g/mol. The fourth-order valence-corrected chi connectivity index (χ4v) is 3.94. The van der Waals surface area contributed by atoms with Gasteiger partial charge in [0.25, 0.3) is 0 Å². The molecule has 1 aromatic heterocycles. The zero-order valence-corrected chi connectivity index (χ0v) is 21.6. The lowest BCUT2D eigenvalue weighted by Crippen LogP contribution is -2.52. The van der Waals surface area contributed by atoms with Crippen molar-refractivity contribution in [1.82, 2.24) is 14.4 Å². The predicted molar refractivity (Wildman–Crippen MR) is 129 cm³/mol. The van der Waals surface area contributed by atoms with E-state index in [9.17, 15) is 14.4 Å². The van der Waals surface area contributed by atoms with E-state index in [1.807, 2.05) is 47.0 Å². The van der Waals surface area contributed by atoms with Crippen molar-refractivity contribution in [1.29, 1.82) is 0 Å². The molecule has 0 saturated carbocycles. The number of hydrogen-bond acceptors (Lipinski definition) is 6. The van der Waals surface area contributed by atoms with Gasteiger partial charge in [-0.2, -0.15) is 0 Å². The summed E-state index contributed by atoms with van der Waals surface area (Å²) in [5.74, 6) is -1.29. The third kappa shape index (κ3) is 6.27. The van der Waals surface area contributed by atoms with Crippen molar-refractivity contribution in [2.24, 2.45) is 17.9 Å². The van der Waals surface area contributed by atoms with Crippen molar-refractivity contribution in [3.63, 3.8) is 0 Å². The molecule has 1 aliphatic rings. The maximum absolute atomic E-state index is 13.4. The highest BCUT2D eigenvalue weighted by Crippen LogP contribution is 2.37. The number of amides is 2. The van der Waals surface area contributed by atoms with Crippen molar-refractivity contribution in [3.05, 3.63) is 64.3 Å². The number of oxime groups is 1. The first-order valence-electron chi connectivity index (χ1n) is 10.8. The van der Waals surface area contributed by atoms with Crippen molar-refractivity contribution in [2.45, 2.75) is 26.4 Å². The molecule has 2 amide bonds. The predicted octanol–water partition coefficient (Wildman–Crippen LogP) is 1.84. The molecule has 0 spiro atoms. The minimum Gasteiger partial charge on any atom is -0.458 e. The molecule has 35 heavy (non-hydrogen) atoms. The first-order chi connectivity index (χ1) is 16.6. The number of halogens is 1. The first kappa shape index (κ1) is 25.9. The van der Waals surface area contributed by atoms with E-state index in [0.717, 1.165) is 4.47 Å².